The standard InChI is InChI=1S/C14H14N4O2/c1-9-2-3-11(13(15)18-20)8-12(9)17-14(19)10-4-6-16-7-5-10/h2-8,20H,1H3,(H2,15,18)(H,17,19). The van der Waals surface area contributed by atoms with Gasteiger partial charge in [0.05, 0.1) is 0 Å². The van der Waals surface area contributed by atoms with E-state index in [2.05, 4.69) is 15.5 Å². The average Bonchev–Trinajstić information content (AvgIpc) is 2.49. The van der Waals surface area contributed by atoms with Gasteiger partial charge in [-0.05, 0) is 30.7 Å². The lowest BCUT2D eigenvalue weighted by Gasteiger charge is -2.10. The van der Waals surface area contributed by atoms with Crippen LogP contribution in [0.5, 0.6) is 0 Å². The van der Waals surface area contributed by atoms with Gasteiger partial charge in [-0.15, -0.1) is 0 Å². The van der Waals surface area contributed by atoms with Crippen molar-refractivity contribution in [1.82, 2.24) is 4.98 Å². The predicted molar refractivity (Wildman–Crippen MR) is 75.9 cm³/mol. The number of carbonyl (C=O) groups excluding carboxylic acids is 1. The summed E-state index contributed by atoms with van der Waals surface area (Å²) in [6.07, 6.45) is 3.10. The molecule has 0 fully saturated rings. The van der Waals surface area contributed by atoms with Crippen molar-refractivity contribution >= 4 is 17.4 Å². The van der Waals surface area contributed by atoms with E-state index in [9.17, 15) is 4.79 Å². The summed E-state index contributed by atoms with van der Waals surface area (Å²) in [6.45, 7) is 1.86. The number of hydrogen-bond donors (Lipinski definition) is 3. The monoisotopic (exact) mass is 270 g/mol. The first-order chi connectivity index (χ1) is 9.61. The Morgan fingerprint density at radius 3 is 2.60 bits per heavy atom. The van der Waals surface area contributed by atoms with Gasteiger partial charge in [0.25, 0.3) is 5.91 Å². The Kier molecular flexibility index (Phi) is 3.95. The molecule has 0 aliphatic carbocycles. The van der Waals surface area contributed by atoms with Crippen molar-refractivity contribution in [1.29, 1.82) is 0 Å². The molecule has 0 spiro atoms. The first-order valence-electron chi connectivity index (χ1n) is 5.91. The zero-order chi connectivity index (χ0) is 14.5. The third kappa shape index (κ3) is 2.92. The zero-order valence-corrected chi connectivity index (χ0v) is 10.9. The molecule has 1 aromatic carbocycles. The number of amides is 1. The minimum absolute atomic E-state index is 0.00981. The summed E-state index contributed by atoms with van der Waals surface area (Å²) in [5.41, 5.74) is 8.06. The molecule has 0 aliphatic heterocycles. The topological polar surface area (TPSA) is 101 Å². The number of nitrogens with zero attached hydrogens (tertiary/aromatic N) is 2. The number of aromatic nitrogens is 1. The highest BCUT2D eigenvalue weighted by Crippen LogP contribution is 2.17. The maximum atomic E-state index is 12.1. The number of nitrogens with two attached hydrogens (primary N) is 1. The number of rotatable bonds is 3. The van der Waals surface area contributed by atoms with E-state index < -0.39 is 0 Å². The molecule has 1 heterocycles. The molecule has 0 saturated heterocycles. The van der Waals surface area contributed by atoms with E-state index >= 15 is 0 Å². The molecule has 0 aliphatic rings. The Hall–Kier alpha value is -2.89. The minimum Gasteiger partial charge on any atom is -0.409 e. The maximum absolute atomic E-state index is 12.1. The van der Waals surface area contributed by atoms with Gasteiger partial charge >= 0.3 is 0 Å². The van der Waals surface area contributed by atoms with Crippen LogP contribution in [0.3, 0.4) is 0 Å². The van der Waals surface area contributed by atoms with E-state index in [0.717, 1.165) is 5.56 Å². The molecule has 6 heteroatoms. The SMILES string of the molecule is Cc1ccc(C(N)=NO)cc1NC(=O)c1ccncc1. The van der Waals surface area contributed by atoms with Gasteiger partial charge < -0.3 is 16.3 Å². The van der Waals surface area contributed by atoms with Crippen molar-refractivity contribution in [2.45, 2.75) is 6.92 Å². The van der Waals surface area contributed by atoms with Gasteiger partial charge in [-0.3, -0.25) is 9.78 Å². The Balaban J connectivity index is 2.27. The van der Waals surface area contributed by atoms with Crippen LogP contribution < -0.4 is 11.1 Å². The van der Waals surface area contributed by atoms with Gasteiger partial charge in [-0.1, -0.05) is 17.3 Å². The van der Waals surface area contributed by atoms with Crippen LogP contribution in [0.2, 0.25) is 0 Å². The molecule has 6 nitrogen and oxygen atoms in total. The van der Waals surface area contributed by atoms with Crippen molar-refractivity contribution in [2.75, 3.05) is 5.32 Å². The molecule has 2 rings (SSSR count). The quantitative estimate of drug-likeness (QED) is 0.342. The largest absolute Gasteiger partial charge is 0.409 e. The van der Waals surface area contributed by atoms with E-state index in [1.807, 2.05) is 6.92 Å². The van der Waals surface area contributed by atoms with Crippen LogP contribution in [0, 0.1) is 6.92 Å². The molecule has 0 bridgehead atoms. The third-order valence-corrected chi connectivity index (χ3v) is 2.83. The summed E-state index contributed by atoms with van der Waals surface area (Å²) < 4.78 is 0. The summed E-state index contributed by atoms with van der Waals surface area (Å²) in [5.74, 6) is -0.253. The van der Waals surface area contributed by atoms with Crippen LogP contribution in [0.4, 0.5) is 5.69 Å². The Morgan fingerprint density at radius 1 is 1.25 bits per heavy atom. The summed E-state index contributed by atoms with van der Waals surface area (Å²) in [7, 11) is 0. The van der Waals surface area contributed by atoms with Crippen LogP contribution >= 0.6 is 0 Å². The highest BCUT2D eigenvalue weighted by atomic mass is 16.4. The van der Waals surface area contributed by atoms with Crippen molar-refractivity contribution in [3.8, 4) is 0 Å². The van der Waals surface area contributed by atoms with Crippen molar-refractivity contribution in [3.63, 3.8) is 0 Å². The Morgan fingerprint density at radius 2 is 1.95 bits per heavy atom. The smallest absolute Gasteiger partial charge is 0.255 e. The van der Waals surface area contributed by atoms with Gasteiger partial charge in [-0.2, -0.15) is 0 Å². The van der Waals surface area contributed by atoms with E-state index in [-0.39, 0.29) is 11.7 Å². The lowest BCUT2D eigenvalue weighted by atomic mass is 10.1. The number of amidine groups is 1. The molecular formula is C14H14N4O2. The molecule has 0 atom stereocenters. The molecule has 1 aromatic heterocycles. The number of hydrogen-bond acceptors (Lipinski definition) is 4. The lowest BCUT2D eigenvalue weighted by molar-refractivity contribution is 0.102. The normalized spacial score (nSPS) is 11.2. The number of carbonyl (C=O) groups is 1. The number of nitrogens with one attached hydrogen (secondary N) is 1. The molecule has 2 aromatic rings. The second kappa shape index (κ2) is 5.83. The molecular weight excluding hydrogens is 256 g/mol. The molecule has 0 unspecified atom stereocenters. The molecule has 102 valence electrons. The number of aryl methyl sites for hydroxylation is 1. The zero-order valence-electron chi connectivity index (χ0n) is 10.9. The van der Waals surface area contributed by atoms with Gasteiger partial charge in [0.2, 0.25) is 0 Å². The molecule has 0 saturated carbocycles. The number of pyridine rings is 1. The maximum Gasteiger partial charge on any atom is 0.255 e. The fraction of sp³-hybridized carbons (Fsp3) is 0.0714. The lowest BCUT2D eigenvalue weighted by Crippen LogP contribution is -2.16. The Labute approximate surface area is 115 Å². The highest BCUT2D eigenvalue weighted by molar-refractivity contribution is 6.05. The second-order valence-corrected chi connectivity index (χ2v) is 4.20. The Bertz CT molecular complexity index is 653. The average molecular weight is 270 g/mol. The van der Waals surface area contributed by atoms with Crippen molar-refractivity contribution in [2.24, 2.45) is 10.9 Å². The highest BCUT2D eigenvalue weighted by Gasteiger charge is 2.09. The first kappa shape index (κ1) is 13.5. The van der Waals surface area contributed by atoms with Gasteiger partial charge in [0, 0.05) is 29.2 Å². The fourth-order valence-electron chi connectivity index (χ4n) is 1.67. The summed E-state index contributed by atoms with van der Waals surface area (Å²) in [4.78, 5) is 15.9. The fourth-order valence-corrected chi connectivity index (χ4v) is 1.67. The predicted octanol–water partition coefficient (Wildman–Crippen LogP) is 1.74. The summed E-state index contributed by atoms with van der Waals surface area (Å²) in [5, 5.41) is 14.4. The van der Waals surface area contributed by atoms with Gasteiger partial charge in [0.1, 0.15) is 0 Å². The molecule has 20 heavy (non-hydrogen) atoms. The molecule has 0 radical (unpaired) electrons. The summed E-state index contributed by atoms with van der Waals surface area (Å²) >= 11 is 0. The van der Waals surface area contributed by atoms with Gasteiger partial charge in [-0.25, -0.2) is 0 Å². The van der Waals surface area contributed by atoms with E-state index in [1.165, 1.54) is 0 Å². The van der Waals surface area contributed by atoms with E-state index in [4.69, 9.17) is 10.9 Å². The third-order valence-electron chi connectivity index (χ3n) is 2.83. The van der Waals surface area contributed by atoms with Crippen molar-refractivity contribution in [3.05, 3.63) is 59.4 Å². The number of oxime groups is 1. The minimum atomic E-state index is -0.243. The number of anilines is 1. The van der Waals surface area contributed by atoms with E-state index in [1.54, 1.807) is 42.7 Å². The first-order valence-corrected chi connectivity index (χ1v) is 5.91. The van der Waals surface area contributed by atoms with E-state index in [0.29, 0.717) is 16.8 Å². The van der Waals surface area contributed by atoms with Crippen LogP contribution in [-0.2, 0) is 0 Å². The van der Waals surface area contributed by atoms with Gasteiger partial charge in [0.15, 0.2) is 5.84 Å². The van der Waals surface area contributed by atoms with Crippen LogP contribution in [0.25, 0.3) is 0 Å². The summed E-state index contributed by atoms with van der Waals surface area (Å²) in [6, 6.07) is 8.40. The molecule has 4 N–H and O–H groups in total. The number of benzene rings is 1. The van der Waals surface area contributed by atoms with Crippen molar-refractivity contribution < 1.29 is 10.0 Å². The second-order valence-electron chi connectivity index (χ2n) is 4.20. The van der Waals surface area contributed by atoms with Crippen LogP contribution in [-0.4, -0.2) is 21.9 Å². The van der Waals surface area contributed by atoms with Crippen LogP contribution in [0.1, 0.15) is 21.5 Å². The van der Waals surface area contributed by atoms with Crippen LogP contribution in [0.15, 0.2) is 47.9 Å². The molecule has 1 amide bonds.